The van der Waals surface area contributed by atoms with E-state index in [0.717, 1.165) is 0 Å². The first-order valence-electron chi connectivity index (χ1n) is 5.40. The summed E-state index contributed by atoms with van der Waals surface area (Å²) in [5.74, 6) is -3.25. The molecule has 7 heteroatoms. The van der Waals surface area contributed by atoms with Crippen molar-refractivity contribution in [1.29, 1.82) is 0 Å². The second kappa shape index (κ2) is 6.39. The molecule has 1 aromatic carbocycles. The van der Waals surface area contributed by atoms with E-state index in [1.54, 1.807) is 0 Å². The van der Waals surface area contributed by atoms with Crippen molar-refractivity contribution in [2.75, 3.05) is 0 Å². The molecule has 0 aromatic heterocycles. The fourth-order valence-electron chi connectivity index (χ4n) is 1.42. The fraction of sp³-hybridized carbons (Fsp3) is 0.250. The van der Waals surface area contributed by atoms with Crippen molar-refractivity contribution >= 4 is 17.8 Å². The van der Waals surface area contributed by atoms with Crippen LogP contribution in [-0.4, -0.2) is 39.2 Å². The van der Waals surface area contributed by atoms with Gasteiger partial charge in [0, 0.05) is 0 Å². The quantitative estimate of drug-likeness (QED) is 0.574. The van der Waals surface area contributed by atoms with Crippen molar-refractivity contribution in [3.05, 3.63) is 29.8 Å². The van der Waals surface area contributed by atoms with Gasteiger partial charge in [0.1, 0.15) is 11.8 Å². The van der Waals surface area contributed by atoms with Crippen molar-refractivity contribution in [1.82, 2.24) is 5.32 Å². The van der Waals surface area contributed by atoms with Gasteiger partial charge in [0.05, 0.1) is 12.8 Å². The molecule has 0 bridgehead atoms. The number of aromatic hydroxyl groups is 1. The van der Waals surface area contributed by atoms with Crippen molar-refractivity contribution < 1.29 is 29.7 Å². The Morgan fingerprint density at radius 3 is 2.16 bits per heavy atom. The van der Waals surface area contributed by atoms with Crippen LogP contribution < -0.4 is 5.32 Å². The fourth-order valence-corrected chi connectivity index (χ4v) is 1.42. The van der Waals surface area contributed by atoms with Gasteiger partial charge in [0.2, 0.25) is 5.91 Å². The molecule has 1 amide bonds. The van der Waals surface area contributed by atoms with Crippen LogP contribution in [0.25, 0.3) is 0 Å². The molecule has 0 saturated carbocycles. The minimum atomic E-state index is -1.46. The lowest BCUT2D eigenvalue weighted by Gasteiger charge is -2.12. The highest BCUT2D eigenvalue weighted by Crippen LogP contribution is 2.10. The highest BCUT2D eigenvalue weighted by Gasteiger charge is 2.22. The molecule has 0 aliphatic heterocycles. The van der Waals surface area contributed by atoms with E-state index in [2.05, 4.69) is 5.32 Å². The predicted molar refractivity (Wildman–Crippen MR) is 63.6 cm³/mol. The van der Waals surface area contributed by atoms with Gasteiger partial charge in [-0.15, -0.1) is 0 Å². The van der Waals surface area contributed by atoms with Crippen molar-refractivity contribution in [2.24, 2.45) is 0 Å². The van der Waals surface area contributed by atoms with Crippen LogP contribution in [0, 0.1) is 0 Å². The van der Waals surface area contributed by atoms with E-state index in [4.69, 9.17) is 15.3 Å². The van der Waals surface area contributed by atoms with Crippen LogP contribution in [0.2, 0.25) is 0 Å². The standard InChI is InChI=1S/C12H13NO6/c14-8-3-1-7(2-4-8)5-10(15)13-9(12(18)19)6-11(16)17/h1-4,9,14H,5-6H2,(H,13,15)(H,16,17)(H,18,19)/t9-/m1/s1. The van der Waals surface area contributed by atoms with Crippen LogP contribution in [0.1, 0.15) is 12.0 Å². The third kappa shape index (κ3) is 5.07. The van der Waals surface area contributed by atoms with Gasteiger partial charge in [-0.1, -0.05) is 12.1 Å². The molecular weight excluding hydrogens is 254 g/mol. The smallest absolute Gasteiger partial charge is 0.326 e. The maximum absolute atomic E-state index is 11.6. The van der Waals surface area contributed by atoms with E-state index < -0.39 is 30.3 Å². The van der Waals surface area contributed by atoms with Gasteiger partial charge in [0.25, 0.3) is 0 Å². The normalized spacial score (nSPS) is 11.6. The number of hydrogen-bond acceptors (Lipinski definition) is 4. The average Bonchev–Trinajstić information content (AvgIpc) is 2.30. The number of aliphatic carboxylic acids is 2. The van der Waals surface area contributed by atoms with Crippen LogP contribution in [0.5, 0.6) is 5.75 Å². The summed E-state index contributed by atoms with van der Waals surface area (Å²) in [6.07, 6.45) is -0.777. The van der Waals surface area contributed by atoms with Gasteiger partial charge in [-0.25, -0.2) is 4.79 Å². The van der Waals surface area contributed by atoms with E-state index in [-0.39, 0.29) is 12.2 Å². The summed E-state index contributed by atoms with van der Waals surface area (Å²) >= 11 is 0. The van der Waals surface area contributed by atoms with Crippen LogP contribution in [0.4, 0.5) is 0 Å². The van der Waals surface area contributed by atoms with E-state index >= 15 is 0 Å². The Bertz CT molecular complexity index is 481. The van der Waals surface area contributed by atoms with E-state index in [9.17, 15) is 14.4 Å². The van der Waals surface area contributed by atoms with Crippen LogP contribution in [0.15, 0.2) is 24.3 Å². The maximum Gasteiger partial charge on any atom is 0.326 e. The Labute approximate surface area is 108 Å². The minimum Gasteiger partial charge on any atom is -0.508 e. The molecule has 7 nitrogen and oxygen atoms in total. The van der Waals surface area contributed by atoms with Crippen LogP contribution >= 0.6 is 0 Å². The number of rotatable bonds is 6. The molecule has 0 spiro atoms. The van der Waals surface area contributed by atoms with Gasteiger partial charge >= 0.3 is 11.9 Å². The summed E-state index contributed by atoms with van der Waals surface area (Å²) in [7, 11) is 0. The molecule has 0 heterocycles. The summed E-state index contributed by atoms with van der Waals surface area (Å²) in [6.45, 7) is 0. The minimum absolute atomic E-state index is 0.0541. The molecule has 19 heavy (non-hydrogen) atoms. The van der Waals surface area contributed by atoms with Gasteiger partial charge in [0.15, 0.2) is 0 Å². The molecule has 0 aliphatic rings. The summed E-state index contributed by atoms with van der Waals surface area (Å²) in [6, 6.07) is 4.37. The number of amides is 1. The number of hydrogen-bond donors (Lipinski definition) is 4. The molecule has 0 fully saturated rings. The first-order chi connectivity index (χ1) is 8.88. The van der Waals surface area contributed by atoms with Crippen molar-refractivity contribution in [2.45, 2.75) is 18.9 Å². The molecule has 1 atom stereocenters. The number of nitrogens with one attached hydrogen (secondary N) is 1. The first-order valence-corrected chi connectivity index (χ1v) is 5.40. The Morgan fingerprint density at radius 1 is 1.11 bits per heavy atom. The molecular formula is C12H13NO6. The number of phenolic OH excluding ortho intramolecular Hbond substituents is 1. The second-order valence-electron chi connectivity index (χ2n) is 3.90. The third-order valence-electron chi connectivity index (χ3n) is 2.31. The molecule has 102 valence electrons. The summed E-state index contributed by atoms with van der Waals surface area (Å²) in [4.78, 5) is 32.8. The Hall–Kier alpha value is -2.57. The summed E-state index contributed by atoms with van der Waals surface area (Å²) in [5.41, 5.74) is 0.578. The average molecular weight is 267 g/mol. The molecule has 0 saturated heterocycles. The van der Waals surface area contributed by atoms with Crippen molar-refractivity contribution in [3.8, 4) is 5.75 Å². The number of carboxylic acid groups (broad SMARTS) is 2. The van der Waals surface area contributed by atoms with Gasteiger partial charge in [-0.05, 0) is 17.7 Å². The van der Waals surface area contributed by atoms with Gasteiger partial charge in [-0.3, -0.25) is 9.59 Å². The Kier molecular flexibility index (Phi) is 4.87. The molecule has 1 aromatic rings. The summed E-state index contributed by atoms with van der Waals surface area (Å²) in [5, 5.41) is 28.5. The highest BCUT2D eigenvalue weighted by atomic mass is 16.4. The lowest BCUT2D eigenvalue weighted by atomic mass is 10.1. The monoisotopic (exact) mass is 267 g/mol. The number of carbonyl (C=O) groups is 3. The van der Waals surface area contributed by atoms with Gasteiger partial charge < -0.3 is 20.6 Å². The Balaban J connectivity index is 2.59. The lowest BCUT2D eigenvalue weighted by Crippen LogP contribution is -2.42. The molecule has 1 rings (SSSR count). The summed E-state index contributed by atoms with van der Waals surface area (Å²) < 4.78 is 0. The zero-order valence-corrected chi connectivity index (χ0v) is 9.87. The highest BCUT2D eigenvalue weighted by molar-refractivity contribution is 5.87. The lowest BCUT2D eigenvalue weighted by molar-refractivity contribution is -0.147. The molecule has 4 N–H and O–H groups in total. The zero-order chi connectivity index (χ0) is 14.4. The van der Waals surface area contributed by atoms with Crippen LogP contribution in [-0.2, 0) is 20.8 Å². The zero-order valence-electron chi connectivity index (χ0n) is 9.87. The van der Waals surface area contributed by atoms with Crippen molar-refractivity contribution in [3.63, 3.8) is 0 Å². The second-order valence-corrected chi connectivity index (χ2v) is 3.90. The number of carboxylic acids is 2. The number of benzene rings is 1. The topological polar surface area (TPSA) is 124 Å². The van der Waals surface area contributed by atoms with E-state index in [0.29, 0.717) is 5.56 Å². The molecule has 0 unspecified atom stereocenters. The number of carbonyl (C=O) groups excluding carboxylic acids is 1. The molecule has 0 aliphatic carbocycles. The third-order valence-corrected chi connectivity index (χ3v) is 2.31. The van der Waals surface area contributed by atoms with Gasteiger partial charge in [-0.2, -0.15) is 0 Å². The number of phenols is 1. The Morgan fingerprint density at radius 2 is 1.68 bits per heavy atom. The van der Waals surface area contributed by atoms with Crippen LogP contribution in [0.3, 0.4) is 0 Å². The largest absolute Gasteiger partial charge is 0.508 e. The first kappa shape index (κ1) is 14.5. The molecule has 0 radical (unpaired) electrons. The maximum atomic E-state index is 11.6. The SMILES string of the molecule is O=C(O)C[C@@H](NC(=O)Cc1ccc(O)cc1)C(=O)O. The van der Waals surface area contributed by atoms with E-state index in [1.807, 2.05) is 0 Å². The predicted octanol–water partition coefficient (Wildman–Crippen LogP) is -0.0212. The van der Waals surface area contributed by atoms with E-state index in [1.165, 1.54) is 24.3 Å².